The number of carbonyl (C=O) groups is 2. The van der Waals surface area contributed by atoms with Crippen molar-refractivity contribution in [2.24, 2.45) is 5.92 Å². The number of imide groups is 1. The molecule has 0 aromatic heterocycles. The SMILES string of the molecule is CCCOc1ccc(N2C(=O)[C@@H]3[C@@H](c4ccc(N(C)C)cc4)N(c4ccccc4)O[C@H]3C2=O)cc1. The fourth-order valence-electron chi connectivity index (χ4n) is 4.69. The van der Waals surface area contributed by atoms with E-state index in [2.05, 4.69) is 0 Å². The molecule has 0 saturated carbocycles. The molecule has 3 aromatic rings. The Labute approximate surface area is 205 Å². The number of amides is 2. The summed E-state index contributed by atoms with van der Waals surface area (Å²) in [6.07, 6.45) is 0.0117. The van der Waals surface area contributed by atoms with Gasteiger partial charge in [-0.25, -0.2) is 9.96 Å². The molecule has 180 valence electrons. The number of para-hydroxylation sites is 1. The number of hydrogen-bond donors (Lipinski definition) is 0. The van der Waals surface area contributed by atoms with Gasteiger partial charge in [-0.15, -0.1) is 0 Å². The van der Waals surface area contributed by atoms with Crippen LogP contribution < -0.4 is 19.6 Å². The van der Waals surface area contributed by atoms with Crippen LogP contribution in [0.2, 0.25) is 0 Å². The van der Waals surface area contributed by atoms with Gasteiger partial charge in [0.1, 0.15) is 11.7 Å². The van der Waals surface area contributed by atoms with Gasteiger partial charge in [-0.1, -0.05) is 37.3 Å². The summed E-state index contributed by atoms with van der Waals surface area (Å²) in [5.74, 6) is -0.568. The van der Waals surface area contributed by atoms with Gasteiger partial charge in [-0.2, -0.15) is 0 Å². The van der Waals surface area contributed by atoms with Crippen molar-refractivity contribution in [3.63, 3.8) is 0 Å². The van der Waals surface area contributed by atoms with E-state index in [-0.39, 0.29) is 11.8 Å². The molecule has 2 fully saturated rings. The molecule has 7 heteroatoms. The summed E-state index contributed by atoms with van der Waals surface area (Å²) >= 11 is 0. The Hall–Kier alpha value is -3.84. The second-order valence-corrected chi connectivity index (χ2v) is 9.00. The largest absolute Gasteiger partial charge is 0.494 e. The van der Waals surface area contributed by atoms with Gasteiger partial charge in [-0.3, -0.25) is 14.4 Å². The smallest absolute Gasteiger partial charge is 0.266 e. The molecule has 5 rings (SSSR count). The molecule has 7 nitrogen and oxygen atoms in total. The molecular formula is C28H29N3O4. The Balaban J connectivity index is 1.49. The topological polar surface area (TPSA) is 62.3 Å². The fraction of sp³-hybridized carbons (Fsp3) is 0.286. The van der Waals surface area contributed by atoms with Crippen LogP contribution in [0.5, 0.6) is 5.75 Å². The van der Waals surface area contributed by atoms with Crippen LogP contribution in [0.1, 0.15) is 24.9 Å². The summed E-state index contributed by atoms with van der Waals surface area (Å²) < 4.78 is 5.64. The summed E-state index contributed by atoms with van der Waals surface area (Å²) in [6, 6.07) is 24.3. The number of anilines is 3. The molecule has 35 heavy (non-hydrogen) atoms. The van der Waals surface area contributed by atoms with E-state index in [4.69, 9.17) is 9.57 Å². The highest BCUT2D eigenvalue weighted by Crippen LogP contribution is 2.47. The van der Waals surface area contributed by atoms with E-state index in [1.807, 2.05) is 80.5 Å². The zero-order valence-electron chi connectivity index (χ0n) is 20.1. The van der Waals surface area contributed by atoms with Crippen LogP contribution in [-0.4, -0.2) is 38.6 Å². The van der Waals surface area contributed by atoms with E-state index in [1.165, 1.54) is 4.90 Å². The van der Waals surface area contributed by atoms with Crippen molar-refractivity contribution in [2.75, 3.05) is 35.6 Å². The molecule has 2 aliphatic rings. The first kappa shape index (κ1) is 22.9. The number of hydroxylamine groups is 1. The van der Waals surface area contributed by atoms with Crippen molar-refractivity contribution < 1.29 is 19.2 Å². The molecule has 3 atom stereocenters. The third-order valence-electron chi connectivity index (χ3n) is 6.44. The Morgan fingerprint density at radius 2 is 1.54 bits per heavy atom. The number of hydrogen-bond acceptors (Lipinski definition) is 6. The van der Waals surface area contributed by atoms with E-state index in [0.29, 0.717) is 18.0 Å². The van der Waals surface area contributed by atoms with Gasteiger partial charge in [0.15, 0.2) is 6.10 Å². The molecule has 0 unspecified atom stereocenters. The van der Waals surface area contributed by atoms with Crippen LogP contribution in [0.4, 0.5) is 17.1 Å². The highest BCUT2D eigenvalue weighted by atomic mass is 16.7. The van der Waals surface area contributed by atoms with Crippen LogP contribution in [0.25, 0.3) is 0 Å². The molecule has 2 saturated heterocycles. The first-order valence-corrected chi connectivity index (χ1v) is 11.9. The third kappa shape index (κ3) is 4.12. The van der Waals surface area contributed by atoms with Crippen molar-refractivity contribution in [1.29, 1.82) is 0 Å². The second kappa shape index (κ2) is 9.43. The molecule has 0 spiro atoms. The third-order valence-corrected chi connectivity index (χ3v) is 6.44. The minimum absolute atomic E-state index is 0.262. The van der Waals surface area contributed by atoms with E-state index < -0.39 is 18.1 Å². The van der Waals surface area contributed by atoms with Crippen molar-refractivity contribution >= 4 is 28.9 Å². The minimum atomic E-state index is -0.891. The summed E-state index contributed by atoms with van der Waals surface area (Å²) in [5, 5.41) is 1.72. The van der Waals surface area contributed by atoms with E-state index in [9.17, 15) is 9.59 Å². The van der Waals surface area contributed by atoms with Crippen LogP contribution in [0.3, 0.4) is 0 Å². The van der Waals surface area contributed by atoms with Gasteiger partial charge in [0.2, 0.25) is 5.91 Å². The lowest BCUT2D eigenvalue weighted by Gasteiger charge is -2.29. The van der Waals surface area contributed by atoms with Gasteiger partial charge in [-0.05, 0) is 60.5 Å². The summed E-state index contributed by atoms with van der Waals surface area (Å²) in [7, 11) is 3.96. The zero-order valence-corrected chi connectivity index (χ0v) is 20.1. The molecular weight excluding hydrogens is 442 g/mol. The number of ether oxygens (including phenoxy) is 1. The van der Waals surface area contributed by atoms with E-state index in [1.54, 1.807) is 29.3 Å². The first-order valence-electron chi connectivity index (χ1n) is 11.9. The average molecular weight is 472 g/mol. The van der Waals surface area contributed by atoms with Crippen LogP contribution in [-0.2, 0) is 14.4 Å². The number of carbonyl (C=O) groups excluding carboxylic acids is 2. The minimum Gasteiger partial charge on any atom is -0.494 e. The van der Waals surface area contributed by atoms with Gasteiger partial charge in [0.25, 0.3) is 5.91 Å². The lowest BCUT2D eigenvalue weighted by molar-refractivity contribution is -0.126. The number of rotatable bonds is 7. The molecule has 0 N–H and O–H groups in total. The van der Waals surface area contributed by atoms with Crippen LogP contribution in [0.15, 0.2) is 78.9 Å². The molecule has 2 aliphatic heterocycles. The highest BCUT2D eigenvalue weighted by Gasteiger charge is 2.60. The molecule has 3 aromatic carbocycles. The van der Waals surface area contributed by atoms with Crippen LogP contribution in [0, 0.1) is 5.92 Å². The lowest BCUT2D eigenvalue weighted by Crippen LogP contribution is -2.37. The van der Waals surface area contributed by atoms with E-state index >= 15 is 0 Å². The van der Waals surface area contributed by atoms with Crippen LogP contribution >= 0.6 is 0 Å². The number of benzene rings is 3. The maximum absolute atomic E-state index is 13.7. The Morgan fingerprint density at radius 3 is 2.17 bits per heavy atom. The standard InChI is InChI=1S/C28H29N3O4/c1-4-18-34-23-16-14-21(15-17-23)30-27(32)24-25(19-10-12-20(13-11-19)29(2)3)31(35-26(24)28(30)33)22-8-6-5-7-9-22/h5-17,24-26H,4,18H2,1-3H3/t24-,25-,26-/m1/s1. The zero-order chi connectivity index (χ0) is 24.5. The van der Waals surface area contributed by atoms with Gasteiger partial charge < -0.3 is 9.64 Å². The second-order valence-electron chi connectivity index (χ2n) is 9.00. The maximum atomic E-state index is 13.7. The number of fused-ring (bicyclic) bond motifs is 1. The van der Waals surface area contributed by atoms with Crippen molar-refractivity contribution in [3.8, 4) is 5.75 Å². The highest BCUT2D eigenvalue weighted by molar-refractivity contribution is 6.23. The lowest BCUT2D eigenvalue weighted by atomic mass is 9.90. The van der Waals surface area contributed by atoms with Crippen molar-refractivity contribution in [2.45, 2.75) is 25.5 Å². The van der Waals surface area contributed by atoms with E-state index in [0.717, 1.165) is 23.4 Å². The van der Waals surface area contributed by atoms with Gasteiger partial charge >= 0.3 is 0 Å². The Bertz CT molecular complexity index is 1200. The molecule has 0 radical (unpaired) electrons. The number of nitrogens with zero attached hydrogens (tertiary/aromatic N) is 3. The van der Waals surface area contributed by atoms with Crippen molar-refractivity contribution in [1.82, 2.24) is 0 Å². The quantitative estimate of drug-likeness (QED) is 0.470. The molecule has 2 heterocycles. The normalized spacial score (nSPS) is 21.4. The summed E-state index contributed by atoms with van der Waals surface area (Å²) in [6.45, 7) is 2.65. The van der Waals surface area contributed by atoms with Crippen molar-refractivity contribution in [3.05, 3.63) is 84.4 Å². The predicted molar refractivity (Wildman–Crippen MR) is 136 cm³/mol. The predicted octanol–water partition coefficient (Wildman–Crippen LogP) is 4.59. The fourth-order valence-corrected chi connectivity index (χ4v) is 4.69. The van der Waals surface area contributed by atoms with Gasteiger partial charge in [0.05, 0.1) is 24.0 Å². The molecule has 2 amide bonds. The molecule has 0 bridgehead atoms. The Morgan fingerprint density at radius 1 is 0.857 bits per heavy atom. The summed E-state index contributed by atoms with van der Waals surface area (Å²) in [4.78, 5) is 36.7. The Kier molecular flexibility index (Phi) is 6.17. The molecule has 0 aliphatic carbocycles. The average Bonchev–Trinajstić information content (AvgIpc) is 3.39. The monoisotopic (exact) mass is 471 g/mol. The maximum Gasteiger partial charge on any atom is 0.266 e. The first-order chi connectivity index (χ1) is 17.0. The summed E-state index contributed by atoms with van der Waals surface area (Å²) in [5.41, 5.74) is 3.29. The van der Waals surface area contributed by atoms with Gasteiger partial charge in [0, 0.05) is 19.8 Å².